The van der Waals surface area contributed by atoms with Crippen LogP contribution < -0.4 is 10.2 Å². The molecule has 1 heterocycles. The van der Waals surface area contributed by atoms with E-state index in [0.29, 0.717) is 6.54 Å². The second-order valence-electron chi connectivity index (χ2n) is 4.69. The zero-order chi connectivity index (χ0) is 13.0. The summed E-state index contributed by atoms with van der Waals surface area (Å²) in [6, 6.07) is 8.02. The molecule has 0 atom stereocenters. The Labute approximate surface area is 109 Å². The smallest absolute Gasteiger partial charge is 0.321 e. The SMILES string of the molecule is CCN(C)C(=O)Nc1ccc(N2CCCC2)cc1. The molecule has 1 N–H and O–H groups in total. The van der Waals surface area contributed by atoms with Crippen LogP contribution in [0.25, 0.3) is 0 Å². The standard InChI is InChI=1S/C14H21N3O/c1-3-16(2)14(18)15-12-6-8-13(9-7-12)17-10-4-5-11-17/h6-9H,3-5,10-11H2,1-2H3,(H,15,18). The van der Waals surface area contributed by atoms with Gasteiger partial charge >= 0.3 is 6.03 Å². The Morgan fingerprint density at radius 2 is 1.89 bits per heavy atom. The summed E-state index contributed by atoms with van der Waals surface area (Å²) in [6.45, 7) is 4.95. The van der Waals surface area contributed by atoms with Gasteiger partial charge in [-0.05, 0) is 44.0 Å². The van der Waals surface area contributed by atoms with Gasteiger partial charge in [-0.25, -0.2) is 4.79 Å². The van der Waals surface area contributed by atoms with Crippen molar-refractivity contribution in [2.45, 2.75) is 19.8 Å². The molecular formula is C14H21N3O. The quantitative estimate of drug-likeness (QED) is 0.891. The molecule has 0 aliphatic carbocycles. The molecule has 18 heavy (non-hydrogen) atoms. The van der Waals surface area contributed by atoms with Gasteiger partial charge in [-0.3, -0.25) is 0 Å². The van der Waals surface area contributed by atoms with Gasteiger partial charge in [0.2, 0.25) is 0 Å². The Morgan fingerprint density at radius 3 is 2.44 bits per heavy atom. The van der Waals surface area contributed by atoms with Gasteiger partial charge < -0.3 is 15.1 Å². The number of anilines is 2. The summed E-state index contributed by atoms with van der Waals surface area (Å²) >= 11 is 0. The number of hydrogen-bond donors (Lipinski definition) is 1. The molecule has 0 radical (unpaired) electrons. The maximum atomic E-state index is 11.7. The molecule has 0 bridgehead atoms. The zero-order valence-corrected chi connectivity index (χ0v) is 11.1. The highest BCUT2D eigenvalue weighted by Gasteiger charge is 2.12. The number of nitrogens with zero attached hydrogens (tertiary/aromatic N) is 2. The minimum absolute atomic E-state index is 0.0635. The molecule has 0 spiro atoms. The Morgan fingerprint density at radius 1 is 1.28 bits per heavy atom. The van der Waals surface area contributed by atoms with Crippen molar-refractivity contribution >= 4 is 17.4 Å². The molecule has 1 aromatic carbocycles. The number of urea groups is 1. The highest BCUT2D eigenvalue weighted by molar-refractivity contribution is 5.89. The lowest BCUT2D eigenvalue weighted by Crippen LogP contribution is -2.30. The van der Waals surface area contributed by atoms with Crippen molar-refractivity contribution in [3.8, 4) is 0 Å². The molecule has 2 rings (SSSR count). The summed E-state index contributed by atoms with van der Waals surface area (Å²) in [6.07, 6.45) is 2.56. The number of hydrogen-bond acceptors (Lipinski definition) is 2. The first-order valence-electron chi connectivity index (χ1n) is 6.58. The van der Waals surface area contributed by atoms with E-state index in [0.717, 1.165) is 18.8 Å². The Balaban J connectivity index is 1.97. The van der Waals surface area contributed by atoms with E-state index in [-0.39, 0.29) is 6.03 Å². The van der Waals surface area contributed by atoms with Gasteiger partial charge in [-0.15, -0.1) is 0 Å². The molecule has 0 unspecified atom stereocenters. The van der Waals surface area contributed by atoms with Crippen LogP contribution in [0.2, 0.25) is 0 Å². The largest absolute Gasteiger partial charge is 0.372 e. The summed E-state index contributed by atoms with van der Waals surface area (Å²) in [5.41, 5.74) is 2.09. The molecule has 98 valence electrons. The maximum absolute atomic E-state index is 11.7. The highest BCUT2D eigenvalue weighted by atomic mass is 16.2. The third kappa shape index (κ3) is 2.94. The summed E-state index contributed by atoms with van der Waals surface area (Å²) < 4.78 is 0. The van der Waals surface area contributed by atoms with Crippen molar-refractivity contribution in [1.82, 2.24) is 4.90 Å². The van der Waals surface area contributed by atoms with Gasteiger partial charge in [0, 0.05) is 38.1 Å². The van der Waals surface area contributed by atoms with Crippen LogP contribution in [-0.2, 0) is 0 Å². The van der Waals surface area contributed by atoms with Gasteiger partial charge in [-0.1, -0.05) is 0 Å². The van der Waals surface area contributed by atoms with E-state index >= 15 is 0 Å². The van der Waals surface area contributed by atoms with Crippen LogP contribution in [0.1, 0.15) is 19.8 Å². The molecule has 0 saturated carbocycles. The van der Waals surface area contributed by atoms with E-state index in [9.17, 15) is 4.79 Å². The topological polar surface area (TPSA) is 35.6 Å². The van der Waals surface area contributed by atoms with E-state index in [1.165, 1.54) is 18.5 Å². The van der Waals surface area contributed by atoms with Crippen molar-refractivity contribution in [2.24, 2.45) is 0 Å². The number of amides is 2. The summed E-state index contributed by atoms with van der Waals surface area (Å²) in [5, 5.41) is 2.88. The average Bonchev–Trinajstić information content (AvgIpc) is 2.92. The predicted octanol–water partition coefficient (Wildman–Crippen LogP) is 2.77. The van der Waals surface area contributed by atoms with Crippen molar-refractivity contribution in [1.29, 1.82) is 0 Å². The summed E-state index contributed by atoms with van der Waals surface area (Å²) in [5.74, 6) is 0. The monoisotopic (exact) mass is 247 g/mol. The number of nitrogens with one attached hydrogen (secondary N) is 1. The third-order valence-corrected chi connectivity index (χ3v) is 3.41. The van der Waals surface area contributed by atoms with Crippen molar-refractivity contribution in [3.05, 3.63) is 24.3 Å². The lowest BCUT2D eigenvalue weighted by molar-refractivity contribution is 0.224. The third-order valence-electron chi connectivity index (χ3n) is 3.41. The average molecular weight is 247 g/mol. The molecule has 1 aliphatic heterocycles. The predicted molar refractivity (Wildman–Crippen MR) is 75.2 cm³/mol. The second kappa shape index (κ2) is 5.76. The van der Waals surface area contributed by atoms with Crippen molar-refractivity contribution in [2.75, 3.05) is 36.9 Å². The normalized spacial score (nSPS) is 14.7. The second-order valence-corrected chi connectivity index (χ2v) is 4.69. The molecule has 1 saturated heterocycles. The van der Waals surface area contributed by atoms with Gasteiger partial charge in [0.05, 0.1) is 0 Å². The Kier molecular flexibility index (Phi) is 4.07. The number of benzene rings is 1. The maximum Gasteiger partial charge on any atom is 0.321 e. The number of carbonyl (C=O) groups excluding carboxylic acids is 1. The van der Waals surface area contributed by atoms with E-state index < -0.39 is 0 Å². The lowest BCUT2D eigenvalue weighted by atomic mass is 10.2. The first kappa shape index (κ1) is 12.7. The summed E-state index contributed by atoms with van der Waals surface area (Å²) in [7, 11) is 1.79. The zero-order valence-electron chi connectivity index (χ0n) is 11.1. The molecule has 0 aromatic heterocycles. The van der Waals surface area contributed by atoms with E-state index in [4.69, 9.17) is 0 Å². The van der Waals surface area contributed by atoms with Gasteiger partial charge in [0.15, 0.2) is 0 Å². The van der Waals surface area contributed by atoms with Gasteiger partial charge in [0.25, 0.3) is 0 Å². The minimum atomic E-state index is -0.0635. The van der Waals surface area contributed by atoms with Crippen LogP contribution in [-0.4, -0.2) is 37.6 Å². The lowest BCUT2D eigenvalue weighted by Gasteiger charge is -2.19. The molecule has 4 heteroatoms. The molecule has 1 aliphatic rings. The molecule has 4 nitrogen and oxygen atoms in total. The van der Waals surface area contributed by atoms with Gasteiger partial charge in [0.1, 0.15) is 0 Å². The van der Waals surface area contributed by atoms with Crippen LogP contribution in [0, 0.1) is 0 Å². The summed E-state index contributed by atoms with van der Waals surface area (Å²) in [4.78, 5) is 15.7. The fraction of sp³-hybridized carbons (Fsp3) is 0.500. The molecule has 1 fully saturated rings. The Bertz CT molecular complexity index is 396. The van der Waals surface area contributed by atoms with Crippen LogP contribution in [0.4, 0.5) is 16.2 Å². The van der Waals surface area contributed by atoms with Crippen molar-refractivity contribution < 1.29 is 4.79 Å². The van der Waals surface area contributed by atoms with Crippen LogP contribution in [0.5, 0.6) is 0 Å². The van der Waals surface area contributed by atoms with E-state index in [2.05, 4.69) is 22.3 Å². The van der Waals surface area contributed by atoms with Crippen LogP contribution >= 0.6 is 0 Å². The minimum Gasteiger partial charge on any atom is -0.372 e. The first-order valence-corrected chi connectivity index (χ1v) is 6.58. The fourth-order valence-corrected chi connectivity index (χ4v) is 2.09. The highest BCUT2D eigenvalue weighted by Crippen LogP contribution is 2.22. The van der Waals surface area contributed by atoms with Gasteiger partial charge in [-0.2, -0.15) is 0 Å². The van der Waals surface area contributed by atoms with Crippen molar-refractivity contribution in [3.63, 3.8) is 0 Å². The molecule has 1 aromatic rings. The molecular weight excluding hydrogens is 226 g/mol. The number of rotatable bonds is 3. The van der Waals surface area contributed by atoms with Crippen LogP contribution in [0.3, 0.4) is 0 Å². The number of carbonyl (C=O) groups is 1. The van der Waals surface area contributed by atoms with Crippen LogP contribution in [0.15, 0.2) is 24.3 Å². The van der Waals surface area contributed by atoms with E-state index in [1.54, 1.807) is 11.9 Å². The van der Waals surface area contributed by atoms with E-state index in [1.807, 2.05) is 19.1 Å². The molecule has 2 amide bonds. The Hall–Kier alpha value is -1.71. The first-order chi connectivity index (χ1) is 8.70. The fourth-order valence-electron chi connectivity index (χ4n) is 2.09.